The third-order valence-corrected chi connectivity index (χ3v) is 4.44. The standard InChI is InChI=1S/C18H23ClN2/c1-3-18(4-2,15-8-10-16(19)11-9-15)21-13-14-6-5-7-17(20)12-14/h5-12,21H,3-4,13,20H2,1-2H3. The molecule has 0 spiro atoms. The lowest BCUT2D eigenvalue weighted by molar-refractivity contribution is 0.305. The second-order valence-electron chi connectivity index (χ2n) is 5.39. The van der Waals surface area contributed by atoms with Gasteiger partial charge in [0.15, 0.2) is 0 Å². The Kier molecular flexibility index (Phi) is 5.27. The van der Waals surface area contributed by atoms with Crippen molar-refractivity contribution in [2.75, 3.05) is 5.73 Å². The number of rotatable bonds is 6. The molecule has 0 aromatic heterocycles. The number of nitrogens with two attached hydrogens (primary N) is 1. The molecule has 112 valence electrons. The minimum Gasteiger partial charge on any atom is -0.399 e. The van der Waals surface area contributed by atoms with Gasteiger partial charge in [-0.15, -0.1) is 0 Å². The van der Waals surface area contributed by atoms with E-state index in [2.05, 4.69) is 37.4 Å². The van der Waals surface area contributed by atoms with E-state index < -0.39 is 0 Å². The van der Waals surface area contributed by atoms with E-state index in [1.54, 1.807) is 0 Å². The highest BCUT2D eigenvalue weighted by molar-refractivity contribution is 6.30. The summed E-state index contributed by atoms with van der Waals surface area (Å²) in [6.07, 6.45) is 2.04. The third-order valence-electron chi connectivity index (χ3n) is 4.19. The molecule has 0 saturated carbocycles. The van der Waals surface area contributed by atoms with Crippen molar-refractivity contribution >= 4 is 17.3 Å². The Balaban J connectivity index is 2.20. The first-order valence-electron chi connectivity index (χ1n) is 7.45. The number of nitrogen functional groups attached to an aromatic ring is 1. The SMILES string of the molecule is CCC(CC)(NCc1cccc(N)c1)c1ccc(Cl)cc1. The van der Waals surface area contributed by atoms with Gasteiger partial charge in [-0.25, -0.2) is 0 Å². The van der Waals surface area contributed by atoms with E-state index >= 15 is 0 Å². The summed E-state index contributed by atoms with van der Waals surface area (Å²) >= 11 is 6.00. The summed E-state index contributed by atoms with van der Waals surface area (Å²) in [6.45, 7) is 5.23. The summed E-state index contributed by atoms with van der Waals surface area (Å²) in [5.74, 6) is 0. The van der Waals surface area contributed by atoms with Crippen molar-refractivity contribution in [3.63, 3.8) is 0 Å². The van der Waals surface area contributed by atoms with Gasteiger partial charge in [0.05, 0.1) is 0 Å². The molecule has 2 rings (SSSR count). The second kappa shape index (κ2) is 6.97. The topological polar surface area (TPSA) is 38.0 Å². The molecule has 0 fully saturated rings. The van der Waals surface area contributed by atoms with Gasteiger partial charge in [0.25, 0.3) is 0 Å². The molecule has 0 heterocycles. The van der Waals surface area contributed by atoms with Crippen LogP contribution in [-0.2, 0) is 12.1 Å². The Labute approximate surface area is 132 Å². The van der Waals surface area contributed by atoms with Crippen LogP contribution in [0.25, 0.3) is 0 Å². The summed E-state index contributed by atoms with van der Waals surface area (Å²) in [5.41, 5.74) is 9.10. The number of halogens is 1. The van der Waals surface area contributed by atoms with E-state index in [0.717, 1.165) is 30.1 Å². The quantitative estimate of drug-likeness (QED) is 0.757. The van der Waals surface area contributed by atoms with Gasteiger partial charge in [-0.1, -0.05) is 49.7 Å². The van der Waals surface area contributed by atoms with Crippen molar-refractivity contribution in [3.8, 4) is 0 Å². The maximum absolute atomic E-state index is 6.00. The molecule has 0 unspecified atom stereocenters. The van der Waals surface area contributed by atoms with Crippen LogP contribution in [0.3, 0.4) is 0 Å². The zero-order valence-corrected chi connectivity index (χ0v) is 13.5. The second-order valence-corrected chi connectivity index (χ2v) is 5.83. The average molecular weight is 303 g/mol. The lowest BCUT2D eigenvalue weighted by atomic mass is 9.84. The van der Waals surface area contributed by atoms with Crippen LogP contribution in [0.15, 0.2) is 48.5 Å². The van der Waals surface area contributed by atoms with Gasteiger partial charge < -0.3 is 11.1 Å². The van der Waals surface area contributed by atoms with E-state index in [9.17, 15) is 0 Å². The van der Waals surface area contributed by atoms with Gasteiger partial charge >= 0.3 is 0 Å². The Hall–Kier alpha value is -1.51. The maximum Gasteiger partial charge on any atom is 0.0431 e. The van der Waals surface area contributed by atoms with Crippen LogP contribution >= 0.6 is 11.6 Å². The van der Waals surface area contributed by atoms with Crippen LogP contribution in [0, 0.1) is 0 Å². The van der Waals surface area contributed by atoms with Crippen molar-refractivity contribution in [3.05, 3.63) is 64.7 Å². The van der Waals surface area contributed by atoms with Crippen molar-refractivity contribution in [2.24, 2.45) is 0 Å². The zero-order chi connectivity index (χ0) is 15.3. The Morgan fingerprint density at radius 2 is 1.71 bits per heavy atom. The van der Waals surface area contributed by atoms with Gasteiger partial charge in [0, 0.05) is 22.8 Å². The third kappa shape index (κ3) is 3.78. The van der Waals surface area contributed by atoms with Crippen LogP contribution in [-0.4, -0.2) is 0 Å². The van der Waals surface area contributed by atoms with Crippen LogP contribution in [0.2, 0.25) is 5.02 Å². The highest BCUT2D eigenvalue weighted by Crippen LogP contribution is 2.30. The molecule has 0 aliphatic carbocycles. The Morgan fingerprint density at radius 3 is 2.29 bits per heavy atom. The van der Waals surface area contributed by atoms with Crippen LogP contribution in [0.1, 0.15) is 37.8 Å². The maximum atomic E-state index is 6.00. The fourth-order valence-corrected chi connectivity index (χ4v) is 2.88. The molecule has 0 amide bonds. The predicted octanol–water partition coefficient (Wildman–Crippen LogP) is 4.73. The number of nitrogens with one attached hydrogen (secondary N) is 1. The lowest BCUT2D eigenvalue weighted by Gasteiger charge is -2.34. The largest absolute Gasteiger partial charge is 0.399 e. The minimum atomic E-state index is -0.0325. The van der Waals surface area contributed by atoms with Crippen molar-refractivity contribution in [1.82, 2.24) is 5.32 Å². The fourth-order valence-electron chi connectivity index (χ4n) is 2.75. The normalized spacial score (nSPS) is 11.6. The van der Waals surface area contributed by atoms with E-state index in [0.29, 0.717) is 0 Å². The molecule has 2 nitrogen and oxygen atoms in total. The summed E-state index contributed by atoms with van der Waals surface area (Å²) < 4.78 is 0. The van der Waals surface area contributed by atoms with Crippen molar-refractivity contribution < 1.29 is 0 Å². The van der Waals surface area contributed by atoms with E-state index in [1.165, 1.54) is 11.1 Å². The monoisotopic (exact) mass is 302 g/mol. The van der Waals surface area contributed by atoms with E-state index in [4.69, 9.17) is 17.3 Å². The molecule has 2 aromatic rings. The molecule has 0 aliphatic heterocycles. The predicted molar refractivity (Wildman–Crippen MR) is 91.4 cm³/mol. The first-order chi connectivity index (χ1) is 10.1. The molecule has 0 aliphatic rings. The summed E-state index contributed by atoms with van der Waals surface area (Å²) in [5, 5.41) is 4.49. The molecule has 21 heavy (non-hydrogen) atoms. The smallest absolute Gasteiger partial charge is 0.0431 e. The molecule has 0 atom stereocenters. The van der Waals surface area contributed by atoms with Gasteiger partial charge in [-0.2, -0.15) is 0 Å². The Bertz CT molecular complexity index is 574. The first kappa shape index (κ1) is 15.9. The van der Waals surface area contributed by atoms with Crippen LogP contribution in [0.4, 0.5) is 5.69 Å². The minimum absolute atomic E-state index is 0.0325. The Morgan fingerprint density at radius 1 is 1.05 bits per heavy atom. The first-order valence-corrected chi connectivity index (χ1v) is 7.83. The fraction of sp³-hybridized carbons (Fsp3) is 0.333. The lowest BCUT2D eigenvalue weighted by Crippen LogP contribution is -2.40. The molecular weight excluding hydrogens is 280 g/mol. The van der Waals surface area contributed by atoms with E-state index in [-0.39, 0.29) is 5.54 Å². The van der Waals surface area contributed by atoms with Crippen LogP contribution < -0.4 is 11.1 Å². The molecule has 2 aromatic carbocycles. The van der Waals surface area contributed by atoms with Gasteiger partial charge in [0.2, 0.25) is 0 Å². The molecular formula is C18H23ClN2. The number of hydrogen-bond acceptors (Lipinski definition) is 2. The molecule has 0 bridgehead atoms. The summed E-state index contributed by atoms with van der Waals surface area (Å²) in [4.78, 5) is 0. The van der Waals surface area contributed by atoms with Crippen molar-refractivity contribution in [2.45, 2.75) is 38.8 Å². The van der Waals surface area contributed by atoms with Gasteiger partial charge in [-0.3, -0.25) is 0 Å². The van der Waals surface area contributed by atoms with Crippen molar-refractivity contribution in [1.29, 1.82) is 0 Å². The molecule has 0 radical (unpaired) electrons. The van der Waals surface area contributed by atoms with Gasteiger partial charge in [-0.05, 0) is 48.2 Å². The molecule has 0 saturated heterocycles. The van der Waals surface area contributed by atoms with E-state index in [1.807, 2.05) is 30.3 Å². The number of anilines is 1. The number of benzene rings is 2. The number of hydrogen-bond donors (Lipinski definition) is 2. The zero-order valence-electron chi connectivity index (χ0n) is 12.7. The molecule has 3 N–H and O–H groups in total. The highest BCUT2D eigenvalue weighted by Gasteiger charge is 2.27. The summed E-state index contributed by atoms with van der Waals surface area (Å²) in [7, 11) is 0. The molecule has 3 heteroatoms. The average Bonchev–Trinajstić information content (AvgIpc) is 2.50. The van der Waals surface area contributed by atoms with Gasteiger partial charge in [0.1, 0.15) is 0 Å². The van der Waals surface area contributed by atoms with Crippen LogP contribution in [0.5, 0.6) is 0 Å². The highest BCUT2D eigenvalue weighted by atomic mass is 35.5. The summed E-state index contributed by atoms with van der Waals surface area (Å²) in [6, 6.07) is 16.2.